The van der Waals surface area contributed by atoms with E-state index in [-0.39, 0.29) is 11.3 Å². The topological polar surface area (TPSA) is 55.1 Å². The molecule has 0 aromatic heterocycles. The van der Waals surface area contributed by atoms with Crippen LogP contribution in [0.1, 0.15) is 48.5 Å². The highest BCUT2D eigenvalue weighted by molar-refractivity contribution is 5.82. The Morgan fingerprint density at radius 2 is 1.53 bits per heavy atom. The van der Waals surface area contributed by atoms with Crippen molar-refractivity contribution < 1.29 is 4.79 Å². The van der Waals surface area contributed by atoms with Gasteiger partial charge in [-0.3, -0.25) is 4.79 Å². The Labute approximate surface area is 107 Å². The number of hydrogen-bond donors (Lipinski definition) is 2. The van der Waals surface area contributed by atoms with Gasteiger partial charge in [0.15, 0.2) is 0 Å². The fraction of sp³-hybridized carbons (Fsp3) is 0.929. The SMILES string of the molecule is CC(C)C(CNC(=O)[C@H](N)C(C)(C)C)C(C)C. The van der Waals surface area contributed by atoms with Crippen LogP contribution in [0.2, 0.25) is 0 Å². The Morgan fingerprint density at radius 1 is 1.12 bits per heavy atom. The summed E-state index contributed by atoms with van der Waals surface area (Å²) < 4.78 is 0. The van der Waals surface area contributed by atoms with Gasteiger partial charge in [0.05, 0.1) is 6.04 Å². The summed E-state index contributed by atoms with van der Waals surface area (Å²) in [7, 11) is 0. The van der Waals surface area contributed by atoms with E-state index in [1.807, 2.05) is 20.8 Å². The molecule has 0 aromatic carbocycles. The average molecular weight is 242 g/mol. The molecule has 0 spiro atoms. The summed E-state index contributed by atoms with van der Waals surface area (Å²) in [5.41, 5.74) is 5.74. The molecule has 0 fully saturated rings. The lowest BCUT2D eigenvalue weighted by Gasteiger charge is -2.29. The first-order valence-corrected chi connectivity index (χ1v) is 6.60. The molecule has 3 N–H and O–H groups in total. The predicted molar refractivity (Wildman–Crippen MR) is 73.6 cm³/mol. The van der Waals surface area contributed by atoms with Gasteiger partial charge < -0.3 is 11.1 Å². The molecule has 0 saturated carbocycles. The lowest BCUT2D eigenvalue weighted by Crippen LogP contribution is -2.50. The van der Waals surface area contributed by atoms with E-state index in [9.17, 15) is 4.79 Å². The maximum absolute atomic E-state index is 11.9. The van der Waals surface area contributed by atoms with E-state index in [4.69, 9.17) is 5.73 Å². The molecule has 0 saturated heterocycles. The van der Waals surface area contributed by atoms with E-state index in [1.54, 1.807) is 0 Å². The van der Waals surface area contributed by atoms with E-state index in [1.165, 1.54) is 0 Å². The van der Waals surface area contributed by atoms with Crippen molar-refractivity contribution in [2.45, 2.75) is 54.5 Å². The minimum absolute atomic E-state index is 0.0381. The smallest absolute Gasteiger partial charge is 0.237 e. The van der Waals surface area contributed by atoms with Crippen LogP contribution in [0.15, 0.2) is 0 Å². The monoisotopic (exact) mass is 242 g/mol. The fourth-order valence-corrected chi connectivity index (χ4v) is 1.96. The van der Waals surface area contributed by atoms with Gasteiger partial charge in [0.25, 0.3) is 0 Å². The van der Waals surface area contributed by atoms with Crippen LogP contribution in [-0.2, 0) is 4.79 Å². The number of nitrogens with two attached hydrogens (primary N) is 1. The molecule has 0 unspecified atom stereocenters. The van der Waals surface area contributed by atoms with Crippen LogP contribution < -0.4 is 11.1 Å². The molecular formula is C14H30N2O. The van der Waals surface area contributed by atoms with Gasteiger partial charge in [-0.1, -0.05) is 48.5 Å². The van der Waals surface area contributed by atoms with Gasteiger partial charge in [-0.2, -0.15) is 0 Å². The fourth-order valence-electron chi connectivity index (χ4n) is 1.96. The van der Waals surface area contributed by atoms with E-state index >= 15 is 0 Å². The summed E-state index contributed by atoms with van der Waals surface area (Å²) in [5.74, 6) is 1.61. The van der Waals surface area contributed by atoms with E-state index in [2.05, 4.69) is 33.0 Å². The highest BCUT2D eigenvalue weighted by atomic mass is 16.2. The zero-order chi connectivity index (χ0) is 13.8. The largest absolute Gasteiger partial charge is 0.354 e. The van der Waals surface area contributed by atoms with Gasteiger partial charge in [0.2, 0.25) is 5.91 Å². The molecule has 0 aliphatic rings. The molecule has 0 aromatic rings. The van der Waals surface area contributed by atoms with Crippen molar-refractivity contribution in [3.63, 3.8) is 0 Å². The summed E-state index contributed by atoms with van der Waals surface area (Å²) in [5, 5.41) is 2.99. The summed E-state index contributed by atoms with van der Waals surface area (Å²) in [6.07, 6.45) is 0. The molecule has 3 nitrogen and oxygen atoms in total. The van der Waals surface area contributed by atoms with Crippen LogP contribution in [0, 0.1) is 23.2 Å². The Hall–Kier alpha value is -0.570. The van der Waals surface area contributed by atoms with Crippen LogP contribution in [0.25, 0.3) is 0 Å². The van der Waals surface area contributed by atoms with Gasteiger partial charge in [-0.15, -0.1) is 0 Å². The maximum Gasteiger partial charge on any atom is 0.237 e. The quantitative estimate of drug-likeness (QED) is 0.778. The molecule has 1 atom stereocenters. The Morgan fingerprint density at radius 3 is 1.82 bits per heavy atom. The molecule has 0 radical (unpaired) electrons. The highest BCUT2D eigenvalue weighted by Crippen LogP contribution is 2.20. The first kappa shape index (κ1) is 16.4. The number of nitrogens with one attached hydrogen (secondary N) is 1. The van der Waals surface area contributed by atoms with Crippen molar-refractivity contribution in [3.8, 4) is 0 Å². The van der Waals surface area contributed by atoms with Gasteiger partial charge in [-0.25, -0.2) is 0 Å². The Balaban J connectivity index is 4.32. The summed E-state index contributed by atoms with van der Waals surface area (Å²) in [4.78, 5) is 11.9. The average Bonchev–Trinajstić information content (AvgIpc) is 2.13. The molecule has 0 heterocycles. The van der Waals surface area contributed by atoms with Gasteiger partial charge >= 0.3 is 0 Å². The molecule has 0 aliphatic carbocycles. The van der Waals surface area contributed by atoms with Crippen molar-refractivity contribution in [2.24, 2.45) is 28.9 Å². The number of hydrogen-bond acceptors (Lipinski definition) is 2. The van der Waals surface area contributed by atoms with Crippen LogP contribution in [0.3, 0.4) is 0 Å². The molecule has 1 amide bonds. The predicted octanol–water partition coefficient (Wildman–Crippen LogP) is 2.40. The molecule has 17 heavy (non-hydrogen) atoms. The second-order valence-corrected chi connectivity index (χ2v) is 6.74. The van der Waals surface area contributed by atoms with Gasteiger partial charge in [-0.05, 0) is 23.2 Å². The number of carbonyl (C=O) groups is 1. The second-order valence-electron chi connectivity index (χ2n) is 6.74. The van der Waals surface area contributed by atoms with Crippen LogP contribution >= 0.6 is 0 Å². The lowest BCUT2D eigenvalue weighted by atomic mass is 9.84. The van der Waals surface area contributed by atoms with E-state index in [0.717, 1.165) is 6.54 Å². The minimum Gasteiger partial charge on any atom is -0.354 e. The first-order chi connectivity index (χ1) is 7.57. The van der Waals surface area contributed by atoms with Crippen molar-refractivity contribution in [3.05, 3.63) is 0 Å². The number of carbonyl (C=O) groups excluding carboxylic acids is 1. The number of amides is 1. The standard InChI is InChI=1S/C14H30N2O/c1-9(2)11(10(3)4)8-16-13(17)12(15)14(5,6)7/h9-12H,8,15H2,1-7H3,(H,16,17)/t12-/m0/s1. The minimum atomic E-state index is -0.442. The van der Waals surface area contributed by atoms with Crippen molar-refractivity contribution >= 4 is 5.91 Å². The third kappa shape index (κ3) is 5.53. The lowest BCUT2D eigenvalue weighted by molar-refractivity contribution is -0.124. The van der Waals surface area contributed by atoms with Crippen LogP contribution in [-0.4, -0.2) is 18.5 Å². The Kier molecular flexibility index (Phi) is 6.17. The molecule has 0 aliphatic heterocycles. The number of rotatable bonds is 5. The molecule has 3 heteroatoms. The van der Waals surface area contributed by atoms with Crippen molar-refractivity contribution in [1.82, 2.24) is 5.32 Å². The highest BCUT2D eigenvalue weighted by Gasteiger charge is 2.28. The third-order valence-corrected chi connectivity index (χ3v) is 3.44. The van der Waals surface area contributed by atoms with Gasteiger partial charge in [0.1, 0.15) is 0 Å². The maximum atomic E-state index is 11.9. The zero-order valence-electron chi connectivity index (χ0n) is 12.5. The molecule has 0 rings (SSSR count). The van der Waals surface area contributed by atoms with E-state index in [0.29, 0.717) is 17.8 Å². The van der Waals surface area contributed by atoms with Crippen molar-refractivity contribution in [1.29, 1.82) is 0 Å². The van der Waals surface area contributed by atoms with Crippen LogP contribution in [0.5, 0.6) is 0 Å². The second kappa shape index (κ2) is 6.39. The third-order valence-electron chi connectivity index (χ3n) is 3.44. The Bertz CT molecular complexity index is 233. The summed E-state index contributed by atoms with van der Waals surface area (Å²) in [6, 6.07) is -0.442. The first-order valence-electron chi connectivity index (χ1n) is 6.60. The summed E-state index contributed by atoms with van der Waals surface area (Å²) in [6.45, 7) is 15.5. The molecule has 102 valence electrons. The van der Waals surface area contributed by atoms with E-state index < -0.39 is 6.04 Å². The summed E-state index contributed by atoms with van der Waals surface area (Å²) >= 11 is 0. The van der Waals surface area contributed by atoms with Crippen LogP contribution in [0.4, 0.5) is 0 Å². The molecular weight excluding hydrogens is 212 g/mol. The normalized spacial score (nSPS) is 14.5. The van der Waals surface area contributed by atoms with Crippen molar-refractivity contribution in [2.75, 3.05) is 6.54 Å². The van der Waals surface area contributed by atoms with Gasteiger partial charge in [0, 0.05) is 6.54 Å². The molecule has 0 bridgehead atoms. The zero-order valence-corrected chi connectivity index (χ0v) is 12.5.